The van der Waals surface area contributed by atoms with Crippen molar-refractivity contribution in [2.75, 3.05) is 0 Å². The molecule has 1 aromatic carbocycles. The second kappa shape index (κ2) is 9.55. The summed E-state index contributed by atoms with van der Waals surface area (Å²) in [5.74, 6) is -2.18. The van der Waals surface area contributed by atoms with Crippen molar-refractivity contribution in [1.29, 1.82) is 0 Å². The largest absolute Gasteiger partial charge is 0.363 e. The quantitative estimate of drug-likeness (QED) is 0.528. The fourth-order valence-corrected chi connectivity index (χ4v) is 3.34. The lowest BCUT2D eigenvalue weighted by Crippen LogP contribution is -2.47. The van der Waals surface area contributed by atoms with Gasteiger partial charge in [-0.3, -0.25) is 14.4 Å². The van der Waals surface area contributed by atoms with Crippen molar-refractivity contribution >= 4 is 17.6 Å². The van der Waals surface area contributed by atoms with E-state index in [-0.39, 0.29) is 17.4 Å². The van der Waals surface area contributed by atoms with Crippen LogP contribution in [-0.4, -0.2) is 38.4 Å². The maximum absolute atomic E-state index is 13.1. The molecule has 0 saturated heterocycles. The Kier molecular flexibility index (Phi) is 6.82. The van der Waals surface area contributed by atoms with Gasteiger partial charge in [-0.05, 0) is 35.6 Å². The lowest BCUT2D eigenvalue weighted by Gasteiger charge is -2.17. The monoisotopic (exact) mass is 433 g/mol. The molecule has 2 aromatic heterocycles. The minimum absolute atomic E-state index is 0.0588. The molecule has 3 N–H and O–H groups in total. The van der Waals surface area contributed by atoms with Gasteiger partial charge < -0.3 is 11.1 Å². The van der Waals surface area contributed by atoms with Crippen LogP contribution >= 0.6 is 0 Å². The van der Waals surface area contributed by atoms with Crippen molar-refractivity contribution < 1.29 is 14.4 Å². The molecule has 0 aliphatic rings. The molecule has 32 heavy (non-hydrogen) atoms. The molecule has 0 spiro atoms. The SMILES string of the molecule is CC(C)(C)Cc1ccn(-c2ncccc2C(=O)NC(Cc2ccccc2)C(=O)C(N)=O)n1. The van der Waals surface area contributed by atoms with Crippen LogP contribution in [0.15, 0.2) is 60.9 Å². The highest BCUT2D eigenvalue weighted by Crippen LogP contribution is 2.20. The van der Waals surface area contributed by atoms with E-state index in [2.05, 4.69) is 36.2 Å². The van der Waals surface area contributed by atoms with Gasteiger partial charge >= 0.3 is 0 Å². The highest BCUT2D eigenvalue weighted by atomic mass is 16.2. The summed E-state index contributed by atoms with van der Waals surface area (Å²) in [6.07, 6.45) is 4.21. The number of hydrogen-bond donors (Lipinski definition) is 2. The van der Waals surface area contributed by atoms with Crippen LogP contribution in [0.1, 0.15) is 42.4 Å². The second-order valence-electron chi connectivity index (χ2n) is 8.81. The standard InChI is InChI=1S/C24H27N5O3/c1-24(2,3)15-17-11-13-29(28-17)22-18(10-7-12-26-22)23(32)27-19(20(30)21(25)31)14-16-8-5-4-6-9-16/h4-13,19H,14-15H2,1-3H3,(H2,25,31)(H,27,32). The Balaban J connectivity index is 1.86. The summed E-state index contributed by atoms with van der Waals surface area (Å²) in [7, 11) is 0. The van der Waals surface area contributed by atoms with Crippen LogP contribution in [0.5, 0.6) is 0 Å². The number of ketones is 1. The number of amides is 2. The second-order valence-corrected chi connectivity index (χ2v) is 8.81. The van der Waals surface area contributed by atoms with Gasteiger partial charge in [-0.25, -0.2) is 9.67 Å². The normalized spacial score (nSPS) is 12.2. The van der Waals surface area contributed by atoms with Crippen molar-refractivity contribution in [2.24, 2.45) is 11.1 Å². The molecule has 0 fully saturated rings. The van der Waals surface area contributed by atoms with Crippen molar-refractivity contribution in [3.8, 4) is 5.82 Å². The molecule has 8 heteroatoms. The van der Waals surface area contributed by atoms with Crippen molar-refractivity contribution in [2.45, 2.75) is 39.7 Å². The van der Waals surface area contributed by atoms with Crippen LogP contribution in [0.4, 0.5) is 0 Å². The molecule has 0 aliphatic carbocycles. The highest BCUT2D eigenvalue weighted by molar-refractivity contribution is 6.38. The van der Waals surface area contributed by atoms with Crippen LogP contribution in [0, 0.1) is 5.41 Å². The number of rotatable bonds is 8. The molecular weight excluding hydrogens is 406 g/mol. The van der Waals surface area contributed by atoms with Gasteiger partial charge in [-0.1, -0.05) is 51.1 Å². The molecule has 2 amide bonds. The Morgan fingerprint density at radius 1 is 1.06 bits per heavy atom. The molecule has 1 atom stereocenters. The van der Waals surface area contributed by atoms with Crippen LogP contribution in [0.2, 0.25) is 0 Å². The molecule has 3 rings (SSSR count). The van der Waals surface area contributed by atoms with Crippen LogP contribution in [0.3, 0.4) is 0 Å². The Hall–Kier alpha value is -3.81. The number of nitrogens with one attached hydrogen (secondary N) is 1. The number of benzene rings is 1. The maximum Gasteiger partial charge on any atom is 0.287 e. The van der Waals surface area contributed by atoms with Gasteiger partial charge in [0.15, 0.2) is 5.82 Å². The summed E-state index contributed by atoms with van der Waals surface area (Å²) >= 11 is 0. The minimum atomic E-state index is -1.10. The molecule has 0 bridgehead atoms. The highest BCUT2D eigenvalue weighted by Gasteiger charge is 2.27. The van der Waals surface area contributed by atoms with E-state index in [9.17, 15) is 14.4 Å². The number of hydrogen-bond acceptors (Lipinski definition) is 5. The first-order valence-corrected chi connectivity index (χ1v) is 10.3. The lowest BCUT2D eigenvalue weighted by atomic mass is 9.91. The first kappa shape index (κ1) is 22.9. The predicted octanol–water partition coefficient (Wildman–Crippen LogP) is 2.25. The van der Waals surface area contributed by atoms with Gasteiger partial charge in [0.05, 0.1) is 11.3 Å². The van der Waals surface area contributed by atoms with Gasteiger partial charge in [0.1, 0.15) is 6.04 Å². The molecule has 1 unspecified atom stereocenters. The summed E-state index contributed by atoms with van der Waals surface area (Å²) in [5.41, 5.74) is 7.17. The number of primary amides is 1. The van der Waals surface area contributed by atoms with Crippen molar-refractivity contribution in [3.63, 3.8) is 0 Å². The Morgan fingerprint density at radius 3 is 2.44 bits per heavy atom. The number of aromatic nitrogens is 3. The van der Waals surface area contributed by atoms with E-state index in [1.54, 1.807) is 24.5 Å². The average molecular weight is 434 g/mol. The van der Waals surface area contributed by atoms with E-state index >= 15 is 0 Å². The predicted molar refractivity (Wildman–Crippen MR) is 120 cm³/mol. The first-order valence-electron chi connectivity index (χ1n) is 10.3. The molecule has 3 aromatic rings. The molecule has 8 nitrogen and oxygen atoms in total. The molecule has 2 heterocycles. The molecule has 166 valence electrons. The number of Topliss-reactive ketones (excluding diaryl/α,β-unsaturated/α-hetero) is 1. The van der Waals surface area contributed by atoms with Crippen molar-refractivity contribution in [1.82, 2.24) is 20.1 Å². The number of pyridine rings is 1. The van der Waals surface area contributed by atoms with E-state index in [1.165, 1.54) is 4.68 Å². The fraction of sp³-hybridized carbons (Fsp3) is 0.292. The van der Waals surface area contributed by atoms with Crippen LogP contribution in [-0.2, 0) is 22.4 Å². The molecule has 0 aliphatic heterocycles. The van der Waals surface area contributed by atoms with Gasteiger partial charge in [0, 0.05) is 18.8 Å². The molecule has 0 radical (unpaired) electrons. The van der Waals surface area contributed by atoms with Gasteiger partial charge in [0.25, 0.3) is 11.8 Å². The summed E-state index contributed by atoms with van der Waals surface area (Å²) in [5, 5.41) is 7.20. The lowest BCUT2D eigenvalue weighted by molar-refractivity contribution is -0.137. The number of nitrogens with zero attached hydrogens (tertiary/aromatic N) is 3. The third-order valence-corrected chi connectivity index (χ3v) is 4.75. The van der Waals surface area contributed by atoms with E-state index in [4.69, 9.17) is 5.73 Å². The number of carbonyl (C=O) groups is 3. The van der Waals surface area contributed by atoms with Crippen LogP contribution < -0.4 is 11.1 Å². The maximum atomic E-state index is 13.1. The Labute approximate surface area is 186 Å². The van der Waals surface area contributed by atoms with Crippen molar-refractivity contribution in [3.05, 3.63) is 77.7 Å². The zero-order chi connectivity index (χ0) is 23.3. The van der Waals surface area contributed by atoms with Crippen LogP contribution in [0.25, 0.3) is 5.82 Å². The topological polar surface area (TPSA) is 120 Å². The summed E-state index contributed by atoms with van der Waals surface area (Å²) in [6, 6.07) is 13.1. The molecular formula is C24H27N5O3. The summed E-state index contributed by atoms with van der Waals surface area (Å²) in [4.78, 5) is 41.4. The van der Waals surface area contributed by atoms with Gasteiger partial charge in [-0.15, -0.1) is 0 Å². The number of carbonyl (C=O) groups excluding carboxylic acids is 3. The fourth-order valence-electron chi connectivity index (χ4n) is 3.34. The zero-order valence-electron chi connectivity index (χ0n) is 18.4. The zero-order valence-corrected chi connectivity index (χ0v) is 18.4. The number of nitrogens with two attached hydrogens (primary N) is 1. The van der Waals surface area contributed by atoms with E-state index in [0.29, 0.717) is 5.82 Å². The first-order chi connectivity index (χ1) is 15.1. The van der Waals surface area contributed by atoms with E-state index in [1.807, 2.05) is 36.4 Å². The van der Waals surface area contributed by atoms with E-state index < -0.39 is 23.6 Å². The van der Waals surface area contributed by atoms with Gasteiger partial charge in [0.2, 0.25) is 5.78 Å². The average Bonchev–Trinajstić information content (AvgIpc) is 3.20. The Morgan fingerprint density at radius 2 is 1.78 bits per heavy atom. The Bertz CT molecular complexity index is 1120. The van der Waals surface area contributed by atoms with E-state index in [0.717, 1.165) is 17.7 Å². The van der Waals surface area contributed by atoms with Gasteiger partial charge in [-0.2, -0.15) is 5.10 Å². The third-order valence-electron chi connectivity index (χ3n) is 4.75. The molecule has 0 saturated carbocycles. The summed E-state index contributed by atoms with van der Waals surface area (Å²) < 4.78 is 1.54. The third kappa shape index (κ3) is 5.87. The minimum Gasteiger partial charge on any atom is -0.363 e. The summed E-state index contributed by atoms with van der Waals surface area (Å²) in [6.45, 7) is 6.36. The smallest absolute Gasteiger partial charge is 0.287 e.